The number of piperidine rings is 1. The van der Waals surface area contributed by atoms with Gasteiger partial charge in [0.15, 0.2) is 0 Å². The van der Waals surface area contributed by atoms with Crippen molar-refractivity contribution in [2.75, 3.05) is 25.1 Å². The SMILES string of the molecule is COc1ccc(CNC(=O)C2CCN(c3ncccc3[N+](=O)[O-])CC2)cc1. The smallest absolute Gasteiger partial charge is 0.311 e. The Morgan fingerprint density at radius 3 is 2.63 bits per heavy atom. The summed E-state index contributed by atoms with van der Waals surface area (Å²) >= 11 is 0. The van der Waals surface area contributed by atoms with Gasteiger partial charge in [0.1, 0.15) is 5.75 Å². The first kappa shape index (κ1) is 18.6. The van der Waals surface area contributed by atoms with Gasteiger partial charge >= 0.3 is 5.69 Å². The number of carbonyl (C=O) groups excluding carboxylic acids is 1. The van der Waals surface area contributed by atoms with Crippen LogP contribution in [-0.4, -0.2) is 36.0 Å². The molecule has 1 aliphatic heterocycles. The third-order valence-electron chi connectivity index (χ3n) is 4.75. The predicted octanol–water partition coefficient (Wildman–Crippen LogP) is 2.53. The van der Waals surface area contributed by atoms with Crippen molar-refractivity contribution in [1.82, 2.24) is 10.3 Å². The van der Waals surface area contributed by atoms with E-state index in [9.17, 15) is 14.9 Å². The second-order valence-corrected chi connectivity index (χ2v) is 6.43. The van der Waals surface area contributed by atoms with Crippen molar-refractivity contribution in [3.63, 3.8) is 0 Å². The van der Waals surface area contributed by atoms with Gasteiger partial charge in [0.2, 0.25) is 11.7 Å². The number of carbonyl (C=O) groups is 1. The molecule has 0 bridgehead atoms. The minimum Gasteiger partial charge on any atom is -0.497 e. The molecule has 0 radical (unpaired) electrons. The van der Waals surface area contributed by atoms with E-state index in [0.29, 0.717) is 38.3 Å². The largest absolute Gasteiger partial charge is 0.497 e. The summed E-state index contributed by atoms with van der Waals surface area (Å²) in [5.41, 5.74) is 1.01. The highest BCUT2D eigenvalue weighted by atomic mass is 16.6. The molecule has 1 fully saturated rings. The standard InChI is InChI=1S/C19H22N4O4/c1-27-16-6-4-14(5-7-16)13-21-19(24)15-8-11-22(12-9-15)18-17(23(25)26)3-2-10-20-18/h2-7,10,15H,8-9,11-13H2,1H3,(H,21,24). The number of ether oxygens (including phenoxy) is 1. The average Bonchev–Trinajstić information content (AvgIpc) is 2.72. The molecule has 8 nitrogen and oxygen atoms in total. The van der Waals surface area contributed by atoms with Gasteiger partial charge in [-0.25, -0.2) is 4.98 Å². The van der Waals surface area contributed by atoms with E-state index in [4.69, 9.17) is 4.74 Å². The third kappa shape index (κ3) is 4.52. The van der Waals surface area contributed by atoms with Crippen molar-refractivity contribution < 1.29 is 14.5 Å². The van der Waals surface area contributed by atoms with Crippen molar-refractivity contribution in [1.29, 1.82) is 0 Å². The molecule has 0 unspecified atom stereocenters. The molecule has 3 rings (SSSR count). The van der Waals surface area contributed by atoms with Crippen LogP contribution in [0.15, 0.2) is 42.6 Å². The third-order valence-corrected chi connectivity index (χ3v) is 4.75. The van der Waals surface area contributed by atoms with Crippen LogP contribution in [0.5, 0.6) is 5.75 Å². The molecular formula is C19H22N4O4. The zero-order chi connectivity index (χ0) is 19.2. The van der Waals surface area contributed by atoms with E-state index in [0.717, 1.165) is 11.3 Å². The molecule has 1 aromatic heterocycles. The first-order chi connectivity index (χ1) is 13.1. The van der Waals surface area contributed by atoms with E-state index in [-0.39, 0.29) is 17.5 Å². The first-order valence-corrected chi connectivity index (χ1v) is 8.83. The van der Waals surface area contributed by atoms with Crippen molar-refractivity contribution in [2.45, 2.75) is 19.4 Å². The number of pyridine rings is 1. The Morgan fingerprint density at radius 1 is 1.30 bits per heavy atom. The second kappa shape index (κ2) is 8.48. The molecule has 1 saturated heterocycles. The number of nitro groups is 1. The van der Waals surface area contributed by atoms with Gasteiger partial charge in [-0.3, -0.25) is 14.9 Å². The number of nitrogens with zero attached hydrogens (tertiary/aromatic N) is 3. The van der Waals surface area contributed by atoms with Crippen molar-refractivity contribution in [3.8, 4) is 5.75 Å². The van der Waals surface area contributed by atoms with E-state index in [2.05, 4.69) is 10.3 Å². The van der Waals surface area contributed by atoms with Crippen LogP contribution in [0.25, 0.3) is 0 Å². The summed E-state index contributed by atoms with van der Waals surface area (Å²) < 4.78 is 5.12. The molecule has 0 aliphatic carbocycles. The maximum Gasteiger partial charge on any atom is 0.311 e. The number of benzene rings is 1. The van der Waals surface area contributed by atoms with Gasteiger partial charge in [0, 0.05) is 37.8 Å². The van der Waals surface area contributed by atoms with Gasteiger partial charge in [-0.2, -0.15) is 0 Å². The Kier molecular flexibility index (Phi) is 5.85. The number of rotatable bonds is 6. The van der Waals surface area contributed by atoms with Crippen LogP contribution >= 0.6 is 0 Å². The van der Waals surface area contributed by atoms with Crippen molar-refractivity contribution in [2.24, 2.45) is 5.92 Å². The van der Waals surface area contributed by atoms with E-state index >= 15 is 0 Å². The lowest BCUT2D eigenvalue weighted by molar-refractivity contribution is -0.384. The predicted molar refractivity (Wildman–Crippen MR) is 101 cm³/mol. The quantitative estimate of drug-likeness (QED) is 0.620. The average molecular weight is 370 g/mol. The summed E-state index contributed by atoms with van der Waals surface area (Å²) in [6.07, 6.45) is 2.83. The van der Waals surface area contributed by atoms with E-state index in [1.165, 1.54) is 6.07 Å². The van der Waals surface area contributed by atoms with Crippen LogP contribution in [0.1, 0.15) is 18.4 Å². The Labute approximate surface area is 157 Å². The summed E-state index contributed by atoms with van der Waals surface area (Å²) in [4.78, 5) is 29.2. The van der Waals surface area contributed by atoms with Crippen LogP contribution in [0, 0.1) is 16.0 Å². The number of methoxy groups -OCH3 is 1. The van der Waals surface area contributed by atoms with Gasteiger partial charge in [-0.1, -0.05) is 12.1 Å². The summed E-state index contributed by atoms with van der Waals surface area (Å²) in [6, 6.07) is 10.6. The van der Waals surface area contributed by atoms with E-state index < -0.39 is 4.92 Å². The number of amides is 1. The Morgan fingerprint density at radius 2 is 2.00 bits per heavy atom. The second-order valence-electron chi connectivity index (χ2n) is 6.43. The minimum atomic E-state index is -0.421. The number of hydrogen-bond donors (Lipinski definition) is 1. The molecule has 2 heterocycles. The van der Waals surface area contributed by atoms with Gasteiger partial charge in [0.25, 0.3) is 0 Å². The van der Waals surface area contributed by atoms with Crippen LogP contribution in [0.4, 0.5) is 11.5 Å². The van der Waals surface area contributed by atoms with Gasteiger partial charge < -0.3 is 15.0 Å². The lowest BCUT2D eigenvalue weighted by Crippen LogP contribution is -2.40. The highest BCUT2D eigenvalue weighted by Gasteiger charge is 2.28. The molecule has 1 aliphatic rings. The monoisotopic (exact) mass is 370 g/mol. The molecule has 8 heteroatoms. The Hall–Kier alpha value is -3.16. The first-order valence-electron chi connectivity index (χ1n) is 8.83. The highest BCUT2D eigenvalue weighted by Crippen LogP contribution is 2.29. The van der Waals surface area contributed by atoms with E-state index in [1.807, 2.05) is 29.2 Å². The van der Waals surface area contributed by atoms with Crippen LogP contribution < -0.4 is 15.0 Å². The molecule has 2 aromatic rings. The molecule has 0 atom stereocenters. The fourth-order valence-electron chi connectivity index (χ4n) is 3.21. The number of aromatic nitrogens is 1. The molecule has 142 valence electrons. The van der Waals surface area contributed by atoms with Gasteiger partial charge in [0.05, 0.1) is 12.0 Å². The van der Waals surface area contributed by atoms with E-state index in [1.54, 1.807) is 19.4 Å². The molecule has 27 heavy (non-hydrogen) atoms. The molecule has 1 aromatic carbocycles. The molecule has 0 spiro atoms. The lowest BCUT2D eigenvalue weighted by atomic mass is 9.95. The summed E-state index contributed by atoms with van der Waals surface area (Å²) in [5, 5.41) is 14.1. The molecule has 1 N–H and O–H groups in total. The Balaban J connectivity index is 1.52. The maximum atomic E-state index is 12.4. The van der Waals surface area contributed by atoms with Gasteiger partial charge in [-0.05, 0) is 36.6 Å². The van der Waals surface area contributed by atoms with Crippen LogP contribution in [0.2, 0.25) is 0 Å². The van der Waals surface area contributed by atoms with Gasteiger partial charge in [-0.15, -0.1) is 0 Å². The maximum absolute atomic E-state index is 12.4. The number of nitrogens with one attached hydrogen (secondary N) is 1. The fraction of sp³-hybridized carbons (Fsp3) is 0.368. The molecule has 0 saturated carbocycles. The zero-order valence-corrected chi connectivity index (χ0v) is 15.1. The minimum absolute atomic E-state index is 0.0000859. The topological polar surface area (TPSA) is 97.6 Å². The fourth-order valence-corrected chi connectivity index (χ4v) is 3.21. The summed E-state index contributed by atoms with van der Waals surface area (Å²) in [5.74, 6) is 1.07. The highest BCUT2D eigenvalue weighted by molar-refractivity contribution is 5.79. The molecular weight excluding hydrogens is 348 g/mol. The zero-order valence-electron chi connectivity index (χ0n) is 15.1. The normalized spacial score (nSPS) is 14.6. The van der Waals surface area contributed by atoms with Crippen molar-refractivity contribution >= 4 is 17.4 Å². The number of hydrogen-bond acceptors (Lipinski definition) is 6. The Bertz CT molecular complexity index is 802. The summed E-state index contributed by atoms with van der Waals surface area (Å²) in [6.45, 7) is 1.60. The summed E-state index contributed by atoms with van der Waals surface area (Å²) in [7, 11) is 1.61. The molecule has 1 amide bonds. The lowest BCUT2D eigenvalue weighted by Gasteiger charge is -2.31. The van der Waals surface area contributed by atoms with Crippen LogP contribution in [0.3, 0.4) is 0 Å². The van der Waals surface area contributed by atoms with Crippen molar-refractivity contribution in [3.05, 3.63) is 58.3 Å². The van der Waals surface area contributed by atoms with Crippen LogP contribution in [-0.2, 0) is 11.3 Å². The number of anilines is 1.